The number of hydrogen-bond acceptors (Lipinski definition) is 10. The fourth-order valence-electron chi connectivity index (χ4n) is 5.78. The van der Waals surface area contributed by atoms with E-state index in [1.54, 1.807) is 18.0 Å². The van der Waals surface area contributed by atoms with Crippen molar-refractivity contribution < 1.29 is 28.3 Å². The van der Waals surface area contributed by atoms with Crippen molar-refractivity contribution in [2.24, 2.45) is 5.41 Å². The van der Waals surface area contributed by atoms with Crippen molar-refractivity contribution in [3.63, 3.8) is 0 Å². The van der Waals surface area contributed by atoms with Crippen molar-refractivity contribution in [1.29, 1.82) is 0 Å². The molecule has 11 nitrogen and oxygen atoms in total. The zero-order valence-corrected chi connectivity index (χ0v) is 24.2. The number of aliphatic hydroxyl groups excluding tert-OH is 1. The molecule has 2 aromatic heterocycles. The predicted octanol–water partition coefficient (Wildman–Crippen LogP) is 3.49. The predicted molar refractivity (Wildman–Crippen MR) is 150 cm³/mol. The van der Waals surface area contributed by atoms with Crippen LogP contribution in [0, 0.1) is 32.0 Å². The molecule has 0 radical (unpaired) electrons. The molecule has 0 unspecified atom stereocenters. The molecule has 2 fully saturated rings. The van der Waals surface area contributed by atoms with Crippen molar-refractivity contribution in [1.82, 2.24) is 25.3 Å². The molecule has 0 bridgehead atoms. The molecule has 41 heavy (non-hydrogen) atoms. The van der Waals surface area contributed by atoms with Gasteiger partial charge in [0.1, 0.15) is 35.9 Å². The number of amides is 1. The lowest BCUT2D eigenvalue weighted by Crippen LogP contribution is -2.62. The number of halogens is 1. The number of ether oxygens (including phenoxy) is 2. The van der Waals surface area contributed by atoms with Gasteiger partial charge in [-0.3, -0.25) is 0 Å². The second kappa shape index (κ2) is 11.6. The number of likely N-dealkylation sites (tertiary alicyclic amines) is 1. The van der Waals surface area contributed by atoms with Crippen LogP contribution in [0.25, 0.3) is 22.6 Å². The summed E-state index contributed by atoms with van der Waals surface area (Å²) in [7, 11) is 3.15. The standard InChI is InChI=1S/C29H37FN6O5/c1-17-25(24-18(2)34-41-19(24)3)32-26(22-12-21(6-7-23(22)30)40-14-20(37)13-31-4)33-27(17)35-10-8-29(9-11-35)15-36(16-29)28(38)39-5/h6-7,12,20,31,37H,8-11,13-16H2,1-5H3/t20-/m0/s1. The molecule has 2 aliphatic rings. The van der Waals surface area contributed by atoms with Gasteiger partial charge in [-0.05, 0) is 58.9 Å². The maximum Gasteiger partial charge on any atom is 0.409 e. The third-order valence-electron chi connectivity index (χ3n) is 8.06. The Hall–Kier alpha value is -3.77. The van der Waals surface area contributed by atoms with Gasteiger partial charge in [-0.25, -0.2) is 19.2 Å². The molecule has 2 saturated heterocycles. The maximum absolute atomic E-state index is 15.3. The highest BCUT2D eigenvalue weighted by molar-refractivity contribution is 5.75. The monoisotopic (exact) mass is 568 g/mol. The molecule has 1 spiro atoms. The number of carbonyl (C=O) groups excluding carboxylic acids is 1. The number of rotatable bonds is 8. The van der Waals surface area contributed by atoms with Crippen LogP contribution in [0.4, 0.5) is 15.0 Å². The Bertz CT molecular complexity index is 1390. The average Bonchev–Trinajstić information content (AvgIpc) is 3.28. The highest BCUT2D eigenvalue weighted by atomic mass is 19.1. The first-order chi connectivity index (χ1) is 19.6. The summed E-state index contributed by atoms with van der Waals surface area (Å²) in [5, 5.41) is 17.0. The normalized spacial score (nSPS) is 17.0. The van der Waals surface area contributed by atoms with E-state index in [-0.39, 0.29) is 29.5 Å². The molecule has 4 heterocycles. The highest BCUT2D eigenvalue weighted by Crippen LogP contribution is 2.43. The molecule has 3 aromatic rings. The summed E-state index contributed by atoms with van der Waals surface area (Å²) >= 11 is 0. The molecule has 0 aliphatic carbocycles. The first kappa shape index (κ1) is 28.7. The zero-order valence-electron chi connectivity index (χ0n) is 24.2. The van der Waals surface area contributed by atoms with Crippen molar-refractivity contribution in [3.05, 3.63) is 41.0 Å². The van der Waals surface area contributed by atoms with E-state index in [1.165, 1.54) is 19.2 Å². The summed E-state index contributed by atoms with van der Waals surface area (Å²) in [4.78, 5) is 25.6. The first-order valence-corrected chi connectivity index (χ1v) is 13.8. The molecule has 12 heteroatoms. The summed E-state index contributed by atoms with van der Waals surface area (Å²) in [6, 6.07) is 4.41. The molecule has 1 atom stereocenters. The van der Waals surface area contributed by atoms with E-state index in [9.17, 15) is 9.90 Å². The fourth-order valence-corrected chi connectivity index (χ4v) is 5.78. The minimum atomic E-state index is -0.709. The Balaban J connectivity index is 1.48. The summed E-state index contributed by atoms with van der Waals surface area (Å²) < 4.78 is 31.3. The molecule has 5 rings (SSSR count). The van der Waals surface area contributed by atoms with E-state index in [2.05, 4.69) is 15.4 Å². The van der Waals surface area contributed by atoms with E-state index < -0.39 is 11.9 Å². The van der Waals surface area contributed by atoms with Crippen LogP contribution in [0.3, 0.4) is 0 Å². The van der Waals surface area contributed by atoms with Crippen molar-refractivity contribution in [3.8, 4) is 28.4 Å². The number of aliphatic hydroxyl groups is 1. The summed E-state index contributed by atoms with van der Waals surface area (Å²) in [5.41, 5.74) is 3.21. The van der Waals surface area contributed by atoms with Gasteiger partial charge < -0.3 is 34.2 Å². The summed E-state index contributed by atoms with van der Waals surface area (Å²) in [6.45, 7) is 8.93. The smallest absolute Gasteiger partial charge is 0.409 e. The third kappa shape index (κ3) is 5.71. The molecular weight excluding hydrogens is 531 g/mol. The average molecular weight is 569 g/mol. The van der Waals surface area contributed by atoms with Crippen LogP contribution < -0.4 is 15.0 Å². The second-order valence-corrected chi connectivity index (χ2v) is 11.0. The third-order valence-corrected chi connectivity index (χ3v) is 8.06. The molecule has 1 amide bonds. The minimum Gasteiger partial charge on any atom is -0.491 e. The fraction of sp³-hybridized carbons (Fsp3) is 0.517. The zero-order chi connectivity index (χ0) is 29.3. The van der Waals surface area contributed by atoms with Crippen LogP contribution in [0.1, 0.15) is 29.9 Å². The number of aryl methyl sites for hydroxylation is 2. The first-order valence-electron chi connectivity index (χ1n) is 13.8. The summed E-state index contributed by atoms with van der Waals surface area (Å²) in [5.74, 6) is 1.48. The topological polar surface area (TPSA) is 126 Å². The van der Waals surface area contributed by atoms with Gasteiger partial charge >= 0.3 is 6.09 Å². The summed E-state index contributed by atoms with van der Waals surface area (Å²) in [6.07, 6.45) is 0.793. The maximum atomic E-state index is 15.3. The highest BCUT2D eigenvalue weighted by Gasteiger charge is 2.47. The van der Waals surface area contributed by atoms with Gasteiger partial charge in [-0.2, -0.15) is 0 Å². The number of benzene rings is 1. The lowest BCUT2D eigenvalue weighted by Gasteiger charge is -2.53. The quantitative estimate of drug-likeness (QED) is 0.417. The van der Waals surface area contributed by atoms with Gasteiger partial charge in [0.05, 0.1) is 29.6 Å². The largest absolute Gasteiger partial charge is 0.491 e. The molecule has 220 valence electrons. The van der Waals surface area contributed by atoms with Gasteiger partial charge in [0.15, 0.2) is 5.82 Å². The lowest BCUT2D eigenvalue weighted by molar-refractivity contribution is -0.0122. The Labute approximate surface area is 238 Å². The van der Waals surface area contributed by atoms with Crippen LogP contribution in [-0.2, 0) is 4.74 Å². The SMILES string of the molecule is CNC[C@H](O)COc1ccc(F)c(-c2nc(-c3c(C)noc3C)c(C)c(N3CCC4(CC3)CN(C(=O)OC)C4)n2)c1. The lowest BCUT2D eigenvalue weighted by atomic mass is 9.72. The molecular formula is C29H37FN6O5. The van der Waals surface area contributed by atoms with E-state index in [1.807, 2.05) is 20.8 Å². The van der Waals surface area contributed by atoms with E-state index in [4.69, 9.17) is 24.0 Å². The number of nitrogens with one attached hydrogen (secondary N) is 1. The van der Waals surface area contributed by atoms with E-state index >= 15 is 4.39 Å². The Morgan fingerprint density at radius 2 is 1.95 bits per heavy atom. The van der Waals surface area contributed by atoms with Crippen molar-refractivity contribution in [2.75, 3.05) is 58.4 Å². The molecule has 2 N–H and O–H groups in total. The number of likely N-dealkylation sites (N-methyl/N-ethyl adjacent to an activating group) is 1. The number of aromatic nitrogens is 3. The molecule has 1 aromatic carbocycles. The number of anilines is 1. The van der Waals surface area contributed by atoms with Crippen LogP contribution in [0.5, 0.6) is 5.75 Å². The van der Waals surface area contributed by atoms with Crippen LogP contribution >= 0.6 is 0 Å². The van der Waals surface area contributed by atoms with Crippen molar-refractivity contribution in [2.45, 2.75) is 39.7 Å². The number of methoxy groups -OCH3 is 1. The Morgan fingerprint density at radius 1 is 1.22 bits per heavy atom. The number of hydrogen-bond donors (Lipinski definition) is 2. The van der Waals surface area contributed by atoms with E-state index in [0.29, 0.717) is 42.5 Å². The second-order valence-electron chi connectivity index (χ2n) is 11.0. The Kier molecular flexibility index (Phi) is 8.14. The van der Waals surface area contributed by atoms with Crippen LogP contribution in [0.15, 0.2) is 22.7 Å². The molecule has 0 saturated carbocycles. The van der Waals surface area contributed by atoms with E-state index in [0.717, 1.165) is 42.9 Å². The number of carbonyl (C=O) groups is 1. The van der Waals surface area contributed by atoms with Gasteiger partial charge in [0, 0.05) is 43.7 Å². The van der Waals surface area contributed by atoms with Gasteiger partial charge in [0.25, 0.3) is 0 Å². The van der Waals surface area contributed by atoms with Crippen molar-refractivity contribution >= 4 is 11.9 Å². The van der Waals surface area contributed by atoms with Gasteiger partial charge in [-0.1, -0.05) is 5.16 Å². The van der Waals surface area contributed by atoms with Crippen LogP contribution in [0.2, 0.25) is 0 Å². The van der Waals surface area contributed by atoms with Gasteiger partial charge in [-0.15, -0.1) is 0 Å². The number of piperidine rings is 1. The molecule has 2 aliphatic heterocycles. The van der Waals surface area contributed by atoms with Crippen LogP contribution in [-0.4, -0.2) is 90.8 Å². The minimum absolute atomic E-state index is 0.0547. The van der Waals surface area contributed by atoms with Gasteiger partial charge in [0.2, 0.25) is 0 Å². The Morgan fingerprint density at radius 3 is 2.59 bits per heavy atom. The number of nitrogens with zero attached hydrogens (tertiary/aromatic N) is 5.